The molecule has 3 rings (SSSR count). The highest BCUT2D eigenvalue weighted by Gasteiger charge is 2.28. The molecule has 2 aromatic heterocycles. The number of β-amino-alcohol motifs (C(OH)–C–C–N with tert-alkyl or cyclic N) is 1. The van der Waals surface area contributed by atoms with Crippen molar-refractivity contribution in [2.75, 3.05) is 19.6 Å². The minimum Gasteiger partial charge on any atom is -0.390 e. The molecule has 1 fully saturated rings. The first-order valence-corrected chi connectivity index (χ1v) is 8.07. The van der Waals surface area contributed by atoms with E-state index in [2.05, 4.69) is 26.5 Å². The van der Waals surface area contributed by atoms with Crippen LogP contribution in [0.3, 0.4) is 0 Å². The van der Waals surface area contributed by atoms with Crippen LogP contribution in [0, 0.1) is 16.0 Å². The first-order chi connectivity index (χ1) is 11.5. The number of aliphatic hydroxyl groups excluding tert-OH is 1. The zero-order chi connectivity index (χ0) is 17.1. The number of imidazole rings is 1. The second-order valence-corrected chi connectivity index (χ2v) is 6.43. The normalized spacial score (nSPS) is 23.2. The fourth-order valence-corrected chi connectivity index (χ4v) is 3.25. The van der Waals surface area contributed by atoms with Crippen molar-refractivity contribution in [1.29, 1.82) is 0 Å². The van der Waals surface area contributed by atoms with Gasteiger partial charge in [-0.1, -0.05) is 6.92 Å². The van der Waals surface area contributed by atoms with E-state index < -0.39 is 11.0 Å². The topological polar surface area (TPSA) is 102 Å². The maximum absolute atomic E-state index is 10.7. The molecule has 1 N–H and O–H groups in total. The molecular formula is C15H22N6O3. The molecule has 0 spiro atoms. The zero-order valence-electron chi connectivity index (χ0n) is 13.6. The Balaban J connectivity index is 1.55. The maximum Gasteiger partial charge on any atom is 0.306 e. The van der Waals surface area contributed by atoms with Crippen LogP contribution in [0.4, 0.5) is 5.69 Å². The van der Waals surface area contributed by atoms with E-state index >= 15 is 0 Å². The molecule has 3 unspecified atom stereocenters. The first-order valence-electron chi connectivity index (χ1n) is 8.07. The third-order valence-electron chi connectivity index (χ3n) is 4.61. The molecule has 3 atom stereocenters. The van der Waals surface area contributed by atoms with Crippen LogP contribution in [-0.4, -0.2) is 60.0 Å². The lowest BCUT2D eigenvalue weighted by Crippen LogP contribution is -2.44. The third kappa shape index (κ3) is 3.80. The number of aromatic nitrogens is 4. The van der Waals surface area contributed by atoms with Crippen LogP contribution in [0.25, 0.3) is 0 Å². The maximum atomic E-state index is 10.7. The molecule has 0 bridgehead atoms. The molecule has 1 saturated heterocycles. The van der Waals surface area contributed by atoms with Gasteiger partial charge in [0, 0.05) is 31.5 Å². The third-order valence-corrected chi connectivity index (χ3v) is 4.61. The Kier molecular flexibility index (Phi) is 4.91. The Morgan fingerprint density at radius 2 is 2.33 bits per heavy atom. The van der Waals surface area contributed by atoms with Crippen LogP contribution >= 0.6 is 0 Å². The van der Waals surface area contributed by atoms with Gasteiger partial charge < -0.3 is 9.67 Å². The minimum atomic E-state index is -0.624. The van der Waals surface area contributed by atoms with Gasteiger partial charge in [-0.15, -0.1) is 0 Å². The van der Waals surface area contributed by atoms with Gasteiger partial charge in [0.15, 0.2) is 0 Å². The molecule has 9 heteroatoms. The van der Waals surface area contributed by atoms with Crippen molar-refractivity contribution in [1.82, 2.24) is 24.2 Å². The summed E-state index contributed by atoms with van der Waals surface area (Å²) in [5, 5.41) is 24.9. The average Bonchev–Trinajstić information content (AvgIpc) is 3.20. The van der Waals surface area contributed by atoms with Crippen molar-refractivity contribution in [2.45, 2.75) is 32.0 Å². The quantitative estimate of drug-likeness (QED) is 0.623. The first kappa shape index (κ1) is 16.6. The molecule has 1 aliphatic heterocycles. The molecule has 24 heavy (non-hydrogen) atoms. The van der Waals surface area contributed by atoms with E-state index in [0.29, 0.717) is 18.5 Å². The number of hydrogen-bond donors (Lipinski definition) is 1. The standard InChI is InChI=1S/C15H22N6O3/c1-12-2-4-18(10-15(12)19-5-3-16-11-19)8-14(22)9-20-7-13(6-17-20)21(23)24/h3,5-7,11-12,14-15,22H,2,4,8-10H2,1H3. The van der Waals surface area contributed by atoms with Crippen molar-refractivity contribution in [3.63, 3.8) is 0 Å². The van der Waals surface area contributed by atoms with E-state index in [4.69, 9.17) is 0 Å². The molecule has 0 aliphatic carbocycles. The van der Waals surface area contributed by atoms with Crippen molar-refractivity contribution >= 4 is 5.69 Å². The van der Waals surface area contributed by atoms with Crippen LogP contribution in [0.2, 0.25) is 0 Å². The molecule has 2 aromatic rings. The van der Waals surface area contributed by atoms with Crippen LogP contribution in [0.15, 0.2) is 31.1 Å². The highest BCUT2D eigenvalue weighted by Crippen LogP contribution is 2.27. The number of rotatable bonds is 6. The zero-order valence-corrected chi connectivity index (χ0v) is 13.6. The molecule has 0 aromatic carbocycles. The minimum absolute atomic E-state index is 0.0610. The van der Waals surface area contributed by atoms with E-state index in [1.165, 1.54) is 17.1 Å². The molecule has 9 nitrogen and oxygen atoms in total. The average molecular weight is 334 g/mol. The Morgan fingerprint density at radius 3 is 3.00 bits per heavy atom. The van der Waals surface area contributed by atoms with Crippen LogP contribution in [-0.2, 0) is 6.54 Å². The number of aliphatic hydroxyl groups is 1. The van der Waals surface area contributed by atoms with E-state index in [1.807, 2.05) is 12.5 Å². The van der Waals surface area contributed by atoms with Gasteiger partial charge in [-0.25, -0.2) is 4.98 Å². The summed E-state index contributed by atoms with van der Waals surface area (Å²) in [5.74, 6) is 0.557. The van der Waals surface area contributed by atoms with Crippen molar-refractivity contribution < 1.29 is 10.0 Å². The molecule has 130 valence electrons. The Bertz CT molecular complexity index is 671. The van der Waals surface area contributed by atoms with E-state index in [9.17, 15) is 15.2 Å². The summed E-state index contributed by atoms with van der Waals surface area (Å²) in [6.45, 7) is 4.79. The predicted octanol–water partition coefficient (Wildman–Crippen LogP) is 0.932. The largest absolute Gasteiger partial charge is 0.390 e. The summed E-state index contributed by atoms with van der Waals surface area (Å²) in [5.41, 5.74) is -0.0610. The summed E-state index contributed by atoms with van der Waals surface area (Å²) in [7, 11) is 0. The summed E-state index contributed by atoms with van der Waals surface area (Å²) in [4.78, 5) is 16.5. The van der Waals surface area contributed by atoms with Gasteiger partial charge in [-0.2, -0.15) is 5.10 Å². The second-order valence-electron chi connectivity index (χ2n) is 6.43. The van der Waals surface area contributed by atoms with Gasteiger partial charge in [-0.05, 0) is 18.9 Å². The van der Waals surface area contributed by atoms with Crippen molar-refractivity contribution in [2.24, 2.45) is 5.92 Å². The molecule has 0 saturated carbocycles. The number of hydrogen-bond acceptors (Lipinski definition) is 6. The Labute approximate surface area is 139 Å². The highest BCUT2D eigenvalue weighted by atomic mass is 16.6. The highest BCUT2D eigenvalue weighted by molar-refractivity contribution is 5.20. The SMILES string of the molecule is CC1CCN(CC(O)Cn2cc([N+](=O)[O-])cn2)CC1n1ccnc1. The van der Waals surface area contributed by atoms with Crippen molar-refractivity contribution in [3.05, 3.63) is 41.2 Å². The molecular weight excluding hydrogens is 312 g/mol. The molecule has 1 aliphatic rings. The van der Waals surface area contributed by atoms with Gasteiger partial charge in [0.05, 0.1) is 23.9 Å². The summed E-state index contributed by atoms with van der Waals surface area (Å²) in [6.07, 6.45) is 8.57. The lowest BCUT2D eigenvalue weighted by atomic mass is 9.93. The fraction of sp³-hybridized carbons (Fsp3) is 0.600. The summed E-state index contributed by atoms with van der Waals surface area (Å²) < 4.78 is 3.54. The summed E-state index contributed by atoms with van der Waals surface area (Å²) in [6, 6.07) is 0.347. The second kappa shape index (κ2) is 7.10. The van der Waals surface area contributed by atoms with Crippen LogP contribution in [0.1, 0.15) is 19.4 Å². The monoisotopic (exact) mass is 334 g/mol. The lowest BCUT2D eigenvalue weighted by molar-refractivity contribution is -0.385. The number of nitro groups is 1. The predicted molar refractivity (Wildman–Crippen MR) is 86.4 cm³/mol. The van der Waals surface area contributed by atoms with E-state index in [1.54, 1.807) is 6.20 Å². The van der Waals surface area contributed by atoms with Crippen LogP contribution in [0.5, 0.6) is 0 Å². The number of likely N-dealkylation sites (tertiary alicyclic amines) is 1. The number of nitrogens with zero attached hydrogens (tertiary/aromatic N) is 6. The number of piperidine rings is 1. The summed E-state index contributed by atoms with van der Waals surface area (Å²) >= 11 is 0. The molecule has 0 amide bonds. The molecule has 0 radical (unpaired) electrons. The van der Waals surface area contributed by atoms with Gasteiger partial charge >= 0.3 is 5.69 Å². The van der Waals surface area contributed by atoms with E-state index in [-0.39, 0.29) is 12.2 Å². The fourth-order valence-electron chi connectivity index (χ4n) is 3.25. The van der Waals surface area contributed by atoms with Crippen LogP contribution < -0.4 is 0 Å². The smallest absolute Gasteiger partial charge is 0.306 e. The van der Waals surface area contributed by atoms with E-state index in [0.717, 1.165) is 19.5 Å². The van der Waals surface area contributed by atoms with Gasteiger partial charge in [0.25, 0.3) is 0 Å². The Morgan fingerprint density at radius 1 is 1.50 bits per heavy atom. The lowest BCUT2D eigenvalue weighted by Gasteiger charge is -2.38. The Hall–Kier alpha value is -2.26. The van der Waals surface area contributed by atoms with Gasteiger partial charge in [0.2, 0.25) is 0 Å². The van der Waals surface area contributed by atoms with Crippen molar-refractivity contribution in [3.8, 4) is 0 Å². The van der Waals surface area contributed by atoms with Gasteiger partial charge in [0.1, 0.15) is 12.4 Å². The van der Waals surface area contributed by atoms with Gasteiger partial charge in [-0.3, -0.25) is 19.7 Å². The molecule has 3 heterocycles.